The molecule has 18 heavy (non-hydrogen) atoms. The van der Waals surface area contributed by atoms with Crippen molar-refractivity contribution in [2.45, 2.75) is 15.3 Å². The molecule has 0 bridgehead atoms. The molecule has 0 aliphatic carbocycles. The van der Waals surface area contributed by atoms with E-state index >= 15 is 0 Å². The molecule has 0 fully saturated rings. The molecule has 0 aliphatic heterocycles. The standard InChI is InChI=1S/C12H9BrN2O2S/c13-7-9-1-4-11(5-2-9)18-12-6-3-10(8-14-12)15(16)17/h1-6,8H,7H2. The van der Waals surface area contributed by atoms with Crippen LogP contribution in [0.25, 0.3) is 0 Å². The zero-order chi connectivity index (χ0) is 13.0. The Balaban J connectivity index is 2.10. The lowest BCUT2D eigenvalue weighted by molar-refractivity contribution is -0.385. The van der Waals surface area contributed by atoms with Gasteiger partial charge < -0.3 is 0 Å². The number of halogens is 1. The second kappa shape index (κ2) is 5.97. The highest BCUT2D eigenvalue weighted by atomic mass is 79.9. The summed E-state index contributed by atoms with van der Waals surface area (Å²) in [4.78, 5) is 15.1. The van der Waals surface area contributed by atoms with Crippen molar-refractivity contribution in [3.05, 3.63) is 58.3 Å². The SMILES string of the molecule is O=[N+]([O-])c1ccc(Sc2ccc(CBr)cc2)nc1. The predicted molar refractivity (Wildman–Crippen MR) is 74.1 cm³/mol. The minimum absolute atomic E-state index is 0.00832. The van der Waals surface area contributed by atoms with Crippen LogP contribution in [0.1, 0.15) is 5.56 Å². The fraction of sp³-hybridized carbons (Fsp3) is 0.0833. The van der Waals surface area contributed by atoms with Crippen LogP contribution in [0.15, 0.2) is 52.5 Å². The van der Waals surface area contributed by atoms with E-state index in [0.29, 0.717) is 0 Å². The lowest BCUT2D eigenvalue weighted by Gasteiger charge is -2.01. The first-order chi connectivity index (χ1) is 8.69. The Morgan fingerprint density at radius 2 is 1.94 bits per heavy atom. The molecule has 0 radical (unpaired) electrons. The van der Waals surface area contributed by atoms with Gasteiger partial charge in [0.05, 0.1) is 4.92 Å². The Kier molecular flexibility index (Phi) is 4.33. The number of aromatic nitrogens is 1. The van der Waals surface area contributed by atoms with E-state index in [1.54, 1.807) is 6.07 Å². The van der Waals surface area contributed by atoms with Crippen molar-refractivity contribution in [2.24, 2.45) is 0 Å². The van der Waals surface area contributed by atoms with Crippen LogP contribution in [-0.2, 0) is 5.33 Å². The highest BCUT2D eigenvalue weighted by Crippen LogP contribution is 2.27. The molecule has 0 aliphatic rings. The van der Waals surface area contributed by atoms with Gasteiger partial charge in [0.1, 0.15) is 11.2 Å². The Morgan fingerprint density at radius 1 is 1.22 bits per heavy atom. The zero-order valence-electron chi connectivity index (χ0n) is 9.25. The van der Waals surface area contributed by atoms with E-state index in [1.807, 2.05) is 24.3 Å². The normalized spacial score (nSPS) is 10.3. The number of hydrogen-bond acceptors (Lipinski definition) is 4. The summed E-state index contributed by atoms with van der Waals surface area (Å²) in [5.41, 5.74) is 1.21. The van der Waals surface area contributed by atoms with Crippen molar-refractivity contribution in [3.63, 3.8) is 0 Å². The van der Waals surface area contributed by atoms with Crippen LogP contribution in [0.3, 0.4) is 0 Å². The minimum Gasteiger partial charge on any atom is -0.258 e. The number of rotatable bonds is 4. The molecule has 4 nitrogen and oxygen atoms in total. The monoisotopic (exact) mass is 324 g/mol. The highest BCUT2D eigenvalue weighted by molar-refractivity contribution is 9.08. The lowest BCUT2D eigenvalue weighted by atomic mass is 10.2. The first-order valence-electron chi connectivity index (χ1n) is 5.12. The highest BCUT2D eigenvalue weighted by Gasteiger charge is 2.06. The second-order valence-electron chi connectivity index (χ2n) is 3.49. The Hall–Kier alpha value is -1.40. The summed E-state index contributed by atoms with van der Waals surface area (Å²) >= 11 is 4.87. The van der Waals surface area contributed by atoms with E-state index in [0.717, 1.165) is 15.3 Å². The smallest absolute Gasteiger partial charge is 0.258 e. The van der Waals surface area contributed by atoms with E-state index in [4.69, 9.17) is 0 Å². The lowest BCUT2D eigenvalue weighted by Crippen LogP contribution is -1.89. The van der Waals surface area contributed by atoms with Gasteiger partial charge in [0.25, 0.3) is 5.69 Å². The second-order valence-corrected chi connectivity index (χ2v) is 5.15. The largest absolute Gasteiger partial charge is 0.287 e. The van der Waals surface area contributed by atoms with Gasteiger partial charge in [0.15, 0.2) is 0 Å². The van der Waals surface area contributed by atoms with Crippen LogP contribution in [0.4, 0.5) is 5.69 Å². The molecule has 1 aromatic heterocycles. The van der Waals surface area contributed by atoms with Crippen molar-refractivity contribution in [1.82, 2.24) is 4.98 Å². The van der Waals surface area contributed by atoms with Crippen LogP contribution in [0.2, 0.25) is 0 Å². The van der Waals surface area contributed by atoms with Gasteiger partial charge in [0, 0.05) is 16.3 Å². The first kappa shape index (κ1) is 13.0. The number of nitro groups is 1. The molecule has 0 atom stereocenters. The van der Waals surface area contributed by atoms with E-state index in [2.05, 4.69) is 20.9 Å². The first-order valence-corrected chi connectivity index (χ1v) is 7.06. The molecule has 2 rings (SSSR count). The maximum atomic E-state index is 10.5. The van der Waals surface area contributed by atoms with Crippen LogP contribution < -0.4 is 0 Å². The van der Waals surface area contributed by atoms with Gasteiger partial charge in [0.2, 0.25) is 0 Å². The van der Waals surface area contributed by atoms with Crippen molar-refractivity contribution in [2.75, 3.05) is 0 Å². The molecule has 0 amide bonds. The zero-order valence-corrected chi connectivity index (χ0v) is 11.6. The molecular weight excluding hydrogens is 316 g/mol. The number of nitrogens with zero attached hydrogens (tertiary/aromatic N) is 2. The summed E-state index contributed by atoms with van der Waals surface area (Å²) in [7, 11) is 0. The third-order valence-electron chi connectivity index (χ3n) is 2.23. The summed E-state index contributed by atoms with van der Waals surface area (Å²) < 4.78 is 0. The van der Waals surface area contributed by atoms with Gasteiger partial charge in [-0.25, -0.2) is 4.98 Å². The summed E-state index contributed by atoms with van der Waals surface area (Å²) in [5, 5.41) is 12.1. The Morgan fingerprint density at radius 3 is 2.44 bits per heavy atom. The van der Waals surface area contributed by atoms with E-state index in [1.165, 1.54) is 29.6 Å². The van der Waals surface area contributed by atoms with Crippen molar-refractivity contribution in [3.8, 4) is 0 Å². The van der Waals surface area contributed by atoms with Crippen molar-refractivity contribution < 1.29 is 4.92 Å². The molecule has 0 N–H and O–H groups in total. The van der Waals surface area contributed by atoms with Gasteiger partial charge in [-0.1, -0.05) is 39.8 Å². The molecule has 6 heteroatoms. The molecule has 92 valence electrons. The van der Waals surface area contributed by atoms with Crippen LogP contribution in [-0.4, -0.2) is 9.91 Å². The third-order valence-corrected chi connectivity index (χ3v) is 3.84. The fourth-order valence-corrected chi connectivity index (χ4v) is 2.44. The third kappa shape index (κ3) is 3.30. The number of hydrogen-bond donors (Lipinski definition) is 0. The van der Waals surface area contributed by atoms with E-state index in [-0.39, 0.29) is 5.69 Å². The van der Waals surface area contributed by atoms with Crippen molar-refractivity contribution in [1.29, 1.82) is 0 Å². The maximum Gasteiger partial charge on any atom is 0.287 e. The summed E-state index contributed by atoms with van der Waals surface area (Å²) in [6.45, 7) is 0. The minimum atomic E-state index is -0.452. The van der Waals surface area contributed by atoms with Gasteiger partial charge in [-0.2, -0.15) is 0 Å². The molecule has 1 aromatic carbocycles. The number of benzene rings is 1. The van der Waals surface area contributed by atoms with Gasteiger partial charge in [-0.3, -0.25) is 10.1 Å². The Bertz CT molecular complexity index is 543. The molecule has 1 heterocycles. The summed E-state index contributed by atoms with van der Waals surface area (Å²) in [6, 6.07) is 11.2. The van der Waals surface area contributed by atoms with Crippen LogP contribution in [0.5, 0.6) is 0 Å². The number of alkyl halides is 1. The van der Waals surface area contributed by atoms with Gasteiger partial charge in [-0.05, 0) is 23.8 Å². The topological polar surface area (TPSA) is 56.0 Å². The van der Waals surface area contributed by atoms with Crippen LogP contribution >= 0.6 is 27.7 Å². The molecule has 2 aromatic rings. The quantitative estimate of drug-likeness (QED) is 0.484. The van der Waals surface area contributed by atoms with Gasteiger partial charge >= 0.3 is 0 Å². The van der Waals surface area contributed by atoms with E-state index in [9.17, 15) is 10.1 Å². The number of pyridine rings is 1. The molecule has 0 saturated carbocycles. The summed E-state index contributed by atoms with van der Waals surface area (Å²) in [6.07, 6.45) is 1.27. The molecule has 0 spiro atoms. The summed E-state index contributed by atoms with van der Waals surface area (Å²) in [5.74, 6) is 0. The average molecular weight is 325 g/mol. The van der Waals surface area contributed by atoms with Crippen LogP contribution in [0, 0.1) is 10.1 Å². The Labute approximate surface area is 117 Å². The maximum absolute atomic E-state index is 10.5. The van der Waals surface area contributed by atoms with Gasteiger partial charge in [-0.15, -0.1) is 0 Å². The molecule has 0 unspecified atom stereocenters. The molecule has 0 saturated heterocycles. The fourth-order valence-electron chi connectivity index (χ4n) is 1.31. The predicted octanol–water partition coefficient (Wildman–Crippen LogP) is 4.04. The average Bonchev–Trinajstić information content (AvgIpc) is 2.40. The van der Waals surface area contributed by atoms with E-state index < -0.39 is 4.92 Å². The molecular formula is C12H9BrN2O2S. The van der Waals surface area contributed by atoms with Crippen molar-refractivity contribution >= 4 is 33.4 Å².